The van der Waals surface area contributed by atoms with Crippen molar-refractivity contribution in [1.82, 2.24) is 0 Å². The molecule has 0 atom stereocenters. The second kappa shape index (κ2) is 10.4. The normalized spacial score (nSPS) is 12.2. The lowest BCUT2D eigenvalue weighted by Gasteiger charge is -2.16. The van der Waals surface area contributed by atoms with Crippen molar-refractivity contribution in [1.29, 1.82) is 0 Å². The highest BCUT2D eigenvalue weighted by Crippen LogP contribution is 2.54. The van der Waals surface area contributed by atoms with Crippen LogP contribution < -0.4 is 0 Å². The molecule has 2 aliphatic carbocycles. The molecule has 2 aliphatic rings. The van der Waals surface area contributed by atoms with E-state index in [9.17, 15) is 0 Å². The summed E-state index contributed by atoms with van der Waals surface area (Å²) < 4.78 is 0. The van der Waals surface area contributed by atoms with E-state index in [0.717, 1.165) is 0 Å². The van der Waals surface area contributed by atoms with E-state index >= 15 is 0 Å². The number of hydrogen-bond donors (Lipinski definition) is 0. The van der Waals surface area contributed by atoms with Gasteiger partial charge >= 0.3 is 0 Å². The Kier molecular flexibility index (Phi) is 5.59. The summed E-state index contributed by atoms with van der Waals surface area (Å²) in [7, 11) is 0. The van der Waals surface area contributed by atoms with Gasteiger partial charge in [-0.15, -0.1) is 0 Å². The van der Waals surface area contributed by atoms with Gasteiger partial charge in [0.2, 0.25) is 0 Å². The minimum atomic E-state index is 1.25. The molecule has 10 aromatic rings. The molecule has 0 nitrogen and oxygen atoms in total. The fraction of sp³-hybridized carbons (Fsp3) is 0. The summed E-state index contributed by atoms with van der Waals surface area (Å²) in [5.74, 6) is 0. The SMILES string of the molecule is c1ccc2c(c1)-c1ccc(-c3cccc4ccccc34)c3cc(-c4cc5c6c(ccc(-c7cccc8ccccc78)c6c4)-c4ccccc4-5)cc-2c13. The molecule has 10 aromatic carbocycles. The lowest BCUT2D eigenvalue weighted by atomic mass is 9.87. The quantitative estimate of drug-likeness (QED) is 0.178. The minimum absolute atomic E-state index is 1.25. The molecule has 0 unspecified atom stereocenters. The van der Waals surface area contributed by atoms with E-state index in [1.54, 1.807) is 0 Å². The van der Waals surface area contributed by atoms with Gasteiger partial charge in [0.15, 0.2) is 0 Å². The molecule has 0 saturated carbocycles. The van der Waals surface area contributed by atoms with Crippen LogP contribution in [0.4, 0.5) is 0 Å². The Bertz CT molecular complexity index is 2950. The third-order valence-electron chi connectivity index (χ3n) is 11.7. The first-order valence-corrected chi connectivity index (χ1v) is 18.2. The molecule has 0 spiro atoms. The highest BCUT2D eigenvalue weighted by Gasteiger charge is 2.27. The average Bonchev–Trinajstić information content (AvgIpc) is 3.71. The Balaban J connectivity index is 1.19. The first kappa shape index (κ1) is 28.0. The van der Waals surface area contributed by atoms with Crippen molar-refractivity contribution in [2.24, 2.45) is 0 Å². The number of benzene rings is 10. The molecule has 12 rings (SSSR count). The fourth-order valence-electron chi connectivity index (χ4n) is 9.47. The van der Waals surface area contributed by atoms with Gasteiger partial charge in [0.25, 0.3) is 0 Å². The molecule has 0 heterocycles. The Morgan fingerprint density at radius 3 is 0.981 bits per heavy atom. The van der Waals surface area contributed by atoms with E-state index in [2.05, 4.69) is 182 Å². The van der Waals surface area contributed by atoms with Crippen molar-refractivity contribution in [3.8, 4) is 77.9 Å². The molecule has 238 valence electrons. The van der Waals surface area contributed by atoms with Crippen molar-refractivity contribution in [2.45, 2.75) is 0 Å². The molecule has 0 N–H and O–H groups in total. The molecule has 0 bridgehead atoms. The second-order valence-electron chi connectivity index (χ2n) is 14.4. The van der Waals surface area contributed by atoms with E-state index in [1.165, 1.54) is 121 Å². The minimum Gasteiger partial charge on any atom is -0.0616 e. The summed E-state index contributed by atoms with van der Waals surface area (Å²) in [5.41, 5.74) is 18.1. The number of fused-ring (bicyclic) bond motifs is 8. The molecule has 0 amide bonds. The van der Waals surface area contributed by atoms with E-state index in [0.29, 0.717) is 0 Å². The predicted molar refractivity (Wildman–Crippen MR) is 222 cm³/mol. The van der Waals surface area contributed by atoms with Crippen molar-refractivity contribution < 1.29 is 0 Å². The molecule has 0 saturated heterocycles. The third kappa shape index (κ3) is 3.76. The van der Waals surface area contributed by atoms with Gasteiger partial charge in [-0.2, -0.15) is 0 Å². The van der Waals surface area contributed by atoms with Gasteiger partial charge in [0.05, 0.1) is 0 Å². The summed E-state index contributed by atoms with van der Waals surface area (Å²) in [6.45, 7) is 0. The molecule has 0 aromatic heterocycles. The van der Waals surface area contributed by atoms with Gasteiger partial charge in [0.1, 0.15) is 0 Å². The van der Waals surface area contributed by atoms with Gasteiger partial charge in [-0.3, -0.25) is 0 Å². The molecule has 0 aliphatic heterocycles. The maximum absolute atomic E-state index is 2.47. The summed E-state index contributed by atoms with van der Waals surface area (Å²) in [5, 5.41) is 10.4. The number of rotatable bonds is 3. The van der Waals surface area contributed by atoms with Crippen LogP contribution in [0.25, 0.3) is 121 Å². The average molecular weight is 655 g/mol. The first-order valence-electron chi connectivity index (χ1n) is 18.2. The Hall–Kier alpha value is -6.76. The highest BCUT2D eigenvalue weighted by atomic mass is 14.3. The van der Waals surface area contributed by atoms with E-state index in [-0.39, 0.29) is 0 Å². The van der Waals surface area contributed by atoms with Crippen LogP contribution in [0.1, 0.15) is 0 Å². The standard InChI is InChI=1S/C52H30/c1-3-15-35-31(11-1)13-9-21-37(35)43-23-25-45-39-17-5-7-19-41(39)47-27-33(29-49(43)51(45)47)34-28-48-42-20-8-6-18-40(42)46-26-24-44(50(30-34)52(46)48)38-22-10-14-32-12-2-4-16-36(32)38/h1-30H. The van der Waals surface area contributed by atoms with Gasteiger partial charge < -0.3 is 0 Å². The summed E-state index contributed by atoms with van der Waals surface area (Å²) in [6, 6.07) is 68.1. The maximum Gasteiger partial charge on any atom is -0.00197 e. The monoisotopic (exact) mass is 654 g/mol. The fourth-order valence-corrected chi connectivity index (χ4v) is 9.47. The lowest BCUT2D eigenvalue weighted by Crippen LogP contribution is -1.90. The van der Waals surface area contributed by atoms with Crippen LogP contribution >= 0.6 is 0 Å². The smallest absolute Gasteiger partial charge is 0.00197 e. The molecule has 52 heavy (non-hydrogen) atoms. The van der Waals surface area contributed by atoms with E-state index in [4.69, 9.17) is 0 Å². The van der Waals surface area contributed by atoms with Crippen LogP contribution in [0.2, 0.25) is 0 Å². The third-order valence-corrected chi connectivity index (χ3v) is 11.7. The summed E-state index contributed by atoms with van der Waals surface area (Å²) in [6.07, 6.45) is 0. The zero-order valence-corrected chi connectivity index (χ0v) is 28.3. The summed E-state index contributed by atoms with van der Waals surface area (Å²) in [4.78, 5) is 0. The van der Waals surface area contributed by atoms with Crippen LogP contribution in [-0.2, 0) is 0 Å². The van der Waals surface area contributed by atoms with Crippen LogP contribution in [0.5, 0.6) is 0 Å². The molecule has 0 heteroatoms. The maximum atomic E-state index is 2.47. The van der Waals surface area contributed by atoms with E-state index in [1.807, 2.05) is 0 Å². The van der Waals surface area contributed by atoms with Crippen LogP contribution in [0.15, 0.2) is 182 Å². The number of hydrogen-bond acceptors (Lipinski definition) is 0. The second-order valence-corrected chi connectivity index (χ2v) is 14.4. The highest BCUT2D eigenvalue weighted by molar-refractivity contribution is 6.23. The largest absolute Gasteiger partial charge is 0.0616 e. The predicted octanol–water partition coefficient (Wildman–Crippen LogP) is 14.6. The zero-order chi connectivity index (χ0) is 33.9. The molecule has 0 radical (unpaired) electrons. The van der Waals surface area contributed by atoms with Crippen LogP contribution in [0.3, 0.4) is 0 Å². The van der Waals surface area contributed by atoms with Crippen LogP contribution in [0, 0.1) is 0 Å². The molecular formula is C52H30. The Morgan fingerprint density at radius 1 is 0.192 bits per heavy atom. The zero-order valence-electron chi connectivity index (χ0n) is 28.3. The Labute approximate surface area is 301 Å². The van der Waals surface area contributed by atoms with Crippen molar-refractivity contribution in [3.05, 3.63) is 182 Å². The van der Waals surface area contributed by atoms with E-state index < -0.39 is 0 Å². The van der Waals surface area contributed by atoms with Crippen molar-refractivity contribution in [2.75, 3.05) is 0 Å². The van der Waals surface area contributed by atoms with Crippen molar-refractivity contribution in [3.63, 3.8) is 0 Å². The van der Waals surface area contributed by atoms with Crippen molar-refractivity contribution >= 4 is 43.1 Å². The first-order chi connectivity index (χ1) is 25.8. The summed E-state index contributed by atoms with van der Waals surface area (Å²) >= 11 is 0. The molecule has 0 fully saturated rings. The van der Waals surface area contributed by atoms with Gasteiger partial charge in [-0.1, -0.05) is 158 Å². The molecular weight excluding hydrogens is 625 g/mol. The van der Waals surface area contributed by atoms with Crippen LogP contribution in [-0.4, -0.2) is 0 Å². The lowest BCUT2D eigenvalue weighted by molar-refractivity contribution is 1.66. The van der Waals surface area contributed by atoms with Gasteiger partial charge in [0, 0.05) is 0 Å². The Morgan fingerprint density at radius 2 is 0.519 bits per heavy atom. The van der Waals surface area contributed by atoms with Gasteiger partial charge in [-0.25, -0.2) is 0 Å². The topological polar surface area (TPSA) is 0 Å². The van der Waals surface area contributed by atoms with Gasteiger partial charge in [-0.05, 0) is 145 Å².